The number of hydrogen-bond donors (Lipinski definition) is 0. The van der Waals surface area contributed by atoms with Crippen LogP contribution in [0.1, 0.15) is 33.4 Å². The van der Waals surface area contributed by atoms with Crippen LogP contribution >= 0.6 is 15.9 Å². The van der Waals surface area contributed by atoms with Crippen molar-refractivity contribution in [1.29, 1.82) is 0 Å². The molecule has 0 atom stereocenters. The van der Waals surface area contributed by atoms with Gasteiger partial charge >= 0.3 is 18.9 Å². The summed E-state index contributed by atoms with van der Waals surface area (Å²) in [6.45, 7) is 0. The van der Waals surface area contributed by atoms with Crippen LogP contribution in [0, 0.1) is 5.92 Å². The molecule has 100 valence electrons. The van der Waals surface area contributed by atoms with E-state index in [9.17, 15) is 0 Å². The first-order chi connectivity index (χ1) is 10.3. The molecule has 2 bridgehead atoms. The fourth-order valence-electron chi connectivity index (χ4n) is 3.88. The largest absolute Gasteiger partial charge is 1.00 e. The monoisotopic (exact) mass is 338 g/mol. The van der Waals surface area contributed by atoms with Gasteiger partial charge < -0.3 is 0 Å². The molecule has 0 heterocycles. The number of benzene rings is 3. The fraction of sp³-hybridized carbons (Fsp3) is 0.0500. The summed E-state index contributed by atoms with van der Waals surface area (Å²) in [5.74, 6) is 1.37. The second-order valence-corrected chi connectivity index (χ2v) is 6.86. The van der Waals surface area contributed by atoms with Crippen molar-refractivity contribution >= 4 is 15.9 Å². The SMILES string of the molecule is BrC12c3ccccc3[C-](c3ccccc31)c1ccccc12.[Li+]. The van der Waals surface area contributed by atoms with E-state index in [0.29, 0.717) is 0 Å². The van der Waals surface area contributed by atoms with Crippen LogP contribution in [0.15, 0.2) is 72.8 Å². The molecule has 0 radical (unpaired) electrons. The number of halogens is 1. The van der Waals surface area contributed by atoms with E-state index in [1.165, 1.54) is 39.3 Å². The molecule has 0 saturated heterocycles. The molecule has 3 aromatic carbocycles. The Balaban J connectivity index is 0.00000125. The quantitative estimate of drug-likeness (QED) is 0.334. The van der Waals surface area contributed by atoms with Crippen molar-refractivity contribution in [3.63, 3.8) is 0 Å². The molecule has 0 aromatic heterocycles. The van der Waals surface area contributed by atoms with Crippen LogP contribution < -0.4 is 18.9 Å². The number of alkyl halides is 1. The number of hydrogen-bond acceptors (Lipinski definition) is 0. The van der Waals surface area contributed by atoms with Crippen molar-refractivity contribution in [1.82, 2.24) is 0 Å². The van der Waals surface area contributed by atoms with Crippen molar-refractivity contribution in [3.8, 4) is 0 Å². The smallest absolute Gasteiger partial charge is 0.0996 e. The molecule has 3 aliphatic carbocycles. The Morgan fingerprint density at radius 2 is 0.909 bits per heavy atom. The standard InChI is InChI=1S/C20H12Br.Li/c21-20-16-10-4-1-7-13(16)19(14-8-2-5-11-17(14)20)15-9-3-6-12-18(15)20;/h1-12H;/q-1;+1. The van der Waals surface area contributed by atoms with E-state index in [1.54, 1.807) is 0 Å². The molecule has 3 aliphatic rings. The Labute approximate surface area is 150 Å². The average molecular weight is 339 g/mol. The third-order valence-electron chi connectivity index (χ3n) is 4.70. The topological polar surface area (TPSA) is 0 Å². The maximum atomic E-state index is 4.12. The summed E-state index contributed by atoms with van der Waals surface area (Å²) in [5.41, 5.74) is 8.14. The van der Waals surface area contributed by atoms with E-state index in [2.05, 4.69) is 88.7 Å². The molecule has 0 nitrogen and oxygen atoms in total. The zero-order valence-electron chi connectivity index (χ0n) is 12.3. The zero-order chi connectivity index (χ0) is 14.0. The van der Waals surface area contributed by atoms with E-state index in [0.717, 1.165) is 0 Å². The molecule has 0 spiro atoms. The summed E-state index contributed by atoms with van der Waals surface area (Å²) in [6.07, 6.45) is 0. The molecular formula is C20H12BrLi. The van der Waals surface area contributed by atoms with E-state index >= 15 is 0 Å². The summed E-state index contributed by atoms with van der Waals surface area (Å²) >= 11 is 4.12. The predicted octanol–water partition coefficient (Wildman–Crippen LogP) is 2.02. The molecule has 3 aromatic rings. The average Bonchev–Trinajstić information content (AvgIpc) is 2.56. The zero-order valence-corrected chi connectivity index (χ0v) is 13.9. The molecular weight excluding hydrogens is 327 g/mol. The van der Waals surface area contributed by atoms with Crippen molar-refractivity contribution in [3.05, 3.63) is 112 Å². The summed E-state index contributed by atoms with van der Waals surface area (Å²) in [6, 6.07) is 26.3. The van der Waals surface area contributed by atoms with Crippen LogP contribution in [-0.4, -0.2) is 0 Å². The minimum absolute atomic E-state index is 0. The molecule has 0 fully saturated rings. The first-order valence-electron chi connectivity index (χ1n) is 7.17. The van der Waals surface area contributed by atoms with Crippen molar-refractivity contribution in [2.45, 2.75) is 4.32 Å². The predicted molar refractivity (Wildman–Crippen MR) is 88.7 cm³/mol. The molecule has 2 heteroatoms. The van der Waals surface area contributed by atoms with Crippen molar-refractivity contribution in [2.75, 3.05) is 0 Å². The first-order valence-corrected chi connectivity index (χ1v) is 7.96. The third kappa shape index (κ3) is 1.52. The Kier molecular flexibility index (Phi) is 3.10. The normalized spacial score (nSPS) is 15.4. The molecule has 6 rings (SSSR count). The maximum Gasteiger partial charge on any atom is 1.00 e. The maximum absolute atomic E-state index is 4.12. The van der Waals surface area contributed by atoms with Gasteiger partial charge in [-0.3, -0.25) is 0 Å². The van der Waals surface area contributed by atoms with Gasteiger partial charge in [-0.25, -0.2) is 0 Å². The molecule has 0 aliphatic heterocycles. The van der Waals surface area contributed by atoms with Crippen molar-refractivity contribution in [2.24, 2.45) is 0 Å². The summed E-state index contributed by atoms with van der Waals surface area (Å²) < 4.78 is -0.224. The summed E-state index contributed by atoms with van der Waals surface area (Å²) in [7, 11) is 0. The van der Waals surface area contributed by atoms with Gasteiger partial charge in [0.05, 0.1) is 0 Å². The van der Waals surface area contributed by atoms with Crippen molar-refractivity contribution < 1.29 is 18.9 Å². The van der Waals surface area contributed by atoms with Crippen LogP contribution in [0.3, 0.4) is 0 Å². The number of rotatable bonds is 0. The third-order valence-corrected chi connectivity index (χ3v) is 5.98. The Morgan fingerprint density at radius 3 is 1.27 bits per heavy atom. The Morgan fingerprint density at radius 1 is 0.591 bits per heavy atom. The summed E-state index contributed by atoms with van der Waals surface area (Å²) in [4.78, 5) is 0. The van der Waals surface area contributed by atoms with Crippen LogP contribution in [-0.2, 0) is 4.32 Å². The van der Waals surface area contributed by atoms with Gasteiger partial charge in [0, 0.05) is 4.32 Å². The molecule has 0 N–H and O–H groups in total. The van der Waals surface area contributed by atoms with Crippen LogP contribution in [0.4, 0.5) is 0 Å². The summed E-state index contributed by atoms with van der Waals surface area (Å²) in [5, 5.41) is 0. The molecule has 0 amide bonds. The van der Waals surface area contributed by atoms with E-state index in [4.69, 9.17) is 0 Å². The second kappa shape index (κ2) is 4.80. The molecule has 22 heavy (non-hydrogen) atoms. The Hall–Kier alpha value is -1.39. The molecule has 0 unspecified atom stereocenters. The van der Waals surface area contributed by atoms with Gasteiger partial charge in [-0.1, -0.05) is 128 Å². The van der Waals surface area contributed by atoms with Gasteiger partial charge in [-0.15, -0.1) is 0 Å². The molecule has 0 saturated carbocycles. The van der Waals surface area contributed by atoms with E-state index in [-0.39, 0.29) is 23.2 Å². The fourth-order valence-corrected chi connectivity index (χ4v) is 4.91. The van der Waals surface area contributed by atoms with E-state index in [1.807, 2.05) is 0 Å². The minimum Gasteiger partial charge on any atom is -0.0996 e. The van der Waals surface area contributed by atoms with Crippen LogP contribution in [0.5, 0.6) is 0 Å². The van der Waals surface area contributed by atoms with Gasteiger partial charge in [0.25, 0.3) is 0 Å². The first kappa shape index (κ1) is 14.2. The van der Waals surface area contributed by atoms with Gasteiger partial charge in [0.2, 0.25) is 0 Å². The van der Waals surface area contributed by atoms with Crippen LogP contribution in [0.2, 0.25) is 0 Å². The Bertz CT molecular complexity index is 768. The minimum atomic E-state index is -0.224. The van der Waals surface area contributed by atoms with Gasteiger partial charge in [0.15, 0.2) is 0 Å². The van der Waals surface area contributed by atoms with Gasteiger partial charge in [-0.2, -0.15) is 0 Å². The van der Waals surface area contributed by atoms with Crippen LogP contribution in [0.25, 0.3) is 0 Å². The second-order valence-electron chi connectivity index (χ2n) is 5.67. The van der Waals surface area contributed by atoms with Gasteiger partial charge in [0.1, 0.15) is 0 Å². The van der Waals surface area contributed by atoms with E-state index < -0.39 is 0 Å². The van der Waals surface area contributed by atoms with Gasteiger partial charge in [-0.05, 0) is 0 Å².